The minimum atomic E-state index is 0.377. The molecule has 1 aromatic heterocycles. The molecular weight excluding hydrogens is 246 g/mol. The van der Waals surface area contributed by atoms with Crippen LogP contribution in [0, 0.1) is 0 Å². The van der Waals surface area contributed by atoms with Gasteiger partial charge in [0.05, 0.1) is 18.8 Å². The van der Waals surface area contributed by atoms with Crippen LogP contribution in [0.4, 0.5) is 0 Å². The molecule has 1 aliphatic heterocycles. The lowest BCUT2D eigenvalue weighted by atomic mass is 10.1. The highest BCUT2D eigenvalue weighted by Gasteiger charge is 2.14. The lowest BCUT2D eigenvalue weighted by Gasteiger charge is -2.23. The molecule has 4 nitrogen and oxygen atoms in total. The van der Waals surface area contributed by atoms with Gasteiger partial charge in [0.2, 0.25) is 0 Å². The zero-order valence-electron chi connectivity index (χ0n) is 11.0. The second kappa shape index (κ2) is 7.84. The van der Waals surface area contributed by atoms with E-state index >= 15 is 0 Å². The summed E-state index contributed by atoms with van der Waals surface area (Å²) >= 11 is 1.72. The molecule has 0 radical (unpaired) electrons. The van der Waals surface area contributed by atoms with Gasteiger partial charge in [0.25, 0.3) is 0 Å². The third kappa shape index (κ3) is 4.31. The summed E-state index contributed by atoms with van der Waals surface area (Å²) in [5.74, 6) is 0. The van der Waals surface area contributed by atoms with Gasteiger partial charge in [0.1, 0.15) is 5.01 Å². The Morgan fingerprint density at radius 1 is 1.56 bits per heavy atom. The second-order valence-corrected chi connectivity index (χ2v) is 5.53. The molecule has 0 spiro atoms. The summed E-state index contributed by atoms with van der Waals surface area (Å²) in [5, 5.41) is 10.1. The SMILES string of the molecule is CCC(NCCOC1CCNCC1)c1nccs1. The fourth-order valence-corrected chi connectivity index (χ4v) is 3.03. The molecule has 1 atom stereocenters. The molecule has 2 N–H and O–H groups in total. The van der Waals surface area contributed by atoms with E-state index in [0.29, 0.717) is 12.1 Å². The maximum Gasteiger partial charge on any atom is 0.109 e. The Balaban J connectivity index is 1.61. The van der Waals surface area contributed by atoms with Gasteiger partial charge in [-0.25, -0.2) is 4.98 Å². The first-order valence-corrected chi connectivity index (χ1v) is 7.73. The summed E-state index contributed by atoms with van der Waals surface area (Å²) in [6.07, 6.45) is 5.68. The van der Waals surface area contributed by atoms with Gasteiger partial charge in [-0.05, 0) is 32.4 Å². The number of hydrogen-bond acceptors (Lipinski definition) is 5. The average Bonchev–Trinajstić information content (AvgIpc) is 2.94. The third-order valence-electron chi connectivity index (χ3n) is 3.29. The summed E-state index contributed by atoms with van der Waals surface area (Å²) in [7, 11) is 0. The smallest absolute Gasteiger partial charge is 0.109 e. The predicted octanol–water partition coefficient (Wildman–Crippen LogP) is 1.95. The molecule has 1 aliphatic rings. The second-order valence-electron chi connectivity index (χ2n) is 4.61. The fraction of sp³-hybridized carbons (Fsp3) is 0.769. The van der Waals surface area contributed by atoms with Crippen LogP contribution in [0.3, 0.4) is 0 Å². The van der Waals surface area contributed by atoms with Crippen molar-refractivity contribution in [2.24, 2.45) is 0 Å². The Morgan fingerprint density at radius 2 is 2.39 bits per heavy atom. The van der Waals surface area contributed by atoms with Crippen molar-refractivity contribution in [3.8, 4) is 0 Å². The topological polar surface area (TPSA) is 46.2 Å². The van der Waals surface area contributed by atoms with Gasteiger partial charge >= 0.3 is 0 Å². The molecule has 1 fully saturated rings. The summed E-state index contributed by atoms with van der Waals surface area (Å²) in [4.78, 5) is 4.36. The first kappa shape index (κ1) is 13.9. The van der Waals surface area contributed by atoms with Gasteiger partial charge in [-0.3, -0.25) is 0 Å². The molecule has 2 heterocycles. The van der Waals surface area contributed by atoms with Gasteiger partial charge in [0, 0.05) is 18.1 Å². The van der Waals surface area contributed by atoms with E-state index < -0.39 is 0 Å². The van der Waals surface area contributed by atoms with Crippen molar-refractivity contribution in [3.63, 3.8) is 0 Å². The van der Waals surface area contributed by atoms with Gasteiger partial charge < -0.3 is 15.4 Å². The highest BCUT2D eigenvalue weighted by Crippen LogP contribution is 2.18. The van der Waals surface area contributed by atoms with E-state index in [0.717, 1.165) is 45.5 Å². The van der Waals surface area contributed by atoms with E-state index in [2.05, 4.69) is 22.5 Å². The van der Waals surface area contributed by atoms with Crippen LogP contribution in [0.25, 0.3) is 0 Å². The van der Waals surface area contributed by atoms with Crippen molar-refractivity contribution < 1.29 is 4.74 Å². The van der Waals surface area contributed by atoms with Crippen LogP contribution in [0.2, 0.25) is 0 Å². The molecule has 0 amide bonds. The Hall–Kier alpha value is -0.490. The summed E-state index contributed by atoms with van der Waals surface area (Å²) < 4.78 is 5.88. The molecule has 18 heavy (non-hydrogen) atoms. The highest BCUT2D eigenvalue weighted by molar-refractivity contribution is 7.09. The fourth-order valence-electron chi connectivity index (χ4n) is 2.23. The molecular formula is C13H23N3OS. The van der Waals surface area contributed by atoms with E-state index in [4.69, 9.17) is 4.74 Å². The Labute approximate surface area is 113 Å². The molecule has 1 aromatic rings. The van der Waals surface area contributed by atoms with Crippen molar-refractivity contribution in [1.29, 1.82) is 0 Å². The van der Waals surface area contributed by atoms with Crippen molar-refractivity contribution in [1.82, 2.24) is 15.6 Å². The lowest BCUT2D eigenvalue weighted by molar-refractivity contribution is 0.0338. The Morgan fingerprint density at radius 3 is 3.06 bits per heavy atom. The van der Waals surface area contributed by atoms with Crippen LogP contribution in [0.5, 0.6) is 0 Å². The van der Waals surface area contributed by atoms with Crippen molar-refractivity contribution in [3.05, 3.63) is 16.6 Å². The number of piperidine rings is 1. The number of nitrogens with one attached hydrogen (secondary N) is 2. The molecule has 0 bridgehead atoms. The van der Waals surface area contributed by atoms with Crippen LogP contribution < -0.4 is 10.6 Å². The maximum absolute atomic E-state index is 5.88. The van der Waals surface area contributed by atoms with Crippen molar-refractivity contribution in [2.75, 3.05) is 26.2 Å². The molecule has 1 unspecified atom stereocenters. The Kier molecular flexibility index (Phi) is 6.07. The van der Waals surface area contributed by atoms with Crippen LogP contribution >= 0.6 is 11.3 Å². The minimum absolute atomic E-state index is 0.377. The number of ether oxygens (including phenoxy) is 1. The maximum atomic E-state index is 5.88. The van der Waals surface area contributed by atoms with Gasteiger partial charge in [0.15, 0.2) is 0 Å². The number of thiazole rings is 1. The van der Waals surface area contributed by atoms with Crippen molar-refractivity contribution in [2.45, 2.75) is 38.3 Å². The predicted molar refractivity (Wildman–Crippen MR) is 75.0 cm³/mol. The zero-order valence-corrected chi connectivity index (χ0v) is 11.8. The quantitative estimate of drug-likeness (QED) is 0.743. The first-order valence-electron chi connectivity index (χ1n) is 6.85. The van der Waals surface area contributed by atoms with Crippen LogP contribution in [-0.4, -0.2) is 37.3 Å². The van der Waals surface area contributed by atoms with E-state index in [-0.39, 0.29) is 0 Å². The molecule has 102 valence electrons. The number of hydrogen-bond donors (Lipinski definition) is 2. The minimum Gasteiger partial charge on any atom is -0.377 e. The number of rotatable bonds is 7. The average molecular weight is 269 g/mol. The molecule has 0 aliphatic carbocycles. The van der Waals surface area contributed by atoms with E-state index in [1.165, 1.54) is 5.01 Å². The normalized spacial score (nSPS) is 18.9. The first-order chi connectivity index (χ1) is 8.90. The highest BCUT2D eigenvalue weighted by atomic mass is 32.1. The summed E-state index contributed by atoms with van der Waals surface area (Å²) in [6, 6.07) is 0.377. The lowest BCUT2D eigenvalue weighted by Crippen LogP contribution is -2.34. The standard InChI is InChI=1S/C13H23N3OS/c1-2-12(13-16-8-10-18-13)15-7-9-17-11-3-5-14-6-4-11/h8,10-12,14-15H,2-7,9H2,1H3. The monoisotopic (exact) mass is 269 g/mol. The summed E-state index contributed by atoms with van der Waals surface area (Å²) in [6.45, 7) is 6.07. The van der Waals surface area contributed by atoms with E-state index in [1.54, 1.807) is 11.3 Å². The van der Waals surface area contributed by atoms with Gasteiger partial charge in [-0.15, -0.1) is 11.3 Å². The van der Waals surface area contributed by atoms with E-state index in [9.17, 15) is 0 Å². The molecule has 2 rings (SSSR count). The molecule has 5 heteroatoms. The summed E-state index contributed by atoms with van der Waals surface area (Å²) in [5.41, 5.74) is 0. The van der Waals surface area contributed by atoms with Gasteiger partial charge in [-0.1, -0.05) is 6.92 Å². The Bertz CT molecular complexity index is 312. The van der Waals surface area contributed by atoms with Crippen LogP contribution in [0.15, 0.2) is 11.6 Å². The zero-order chi connectivity index (χ0) is 12.6. The molecule has 0 aromatic carbocycles. The van der Waals surface area contributed by atoms with E-state index in [1.807, 2.05) is 11.6 Å². The van der Waals surface area contributed by atoms with Crippen LogP contribution in [-0.2, 0) is 4.74 Å². The van der Waals surface area contributed by atoms with Crippen LogP contribution in [0.1, 0.15) is 37.2 Å². The molecule has 0 saturated carbocycles. The molecule has 1 saturated heterocycles. The van der Waals surface area contributed by atoms with Crippen molar-refractivity contribution >= 4 is 11.3 Å². The van der Waals surface area contributed by atoms with Gasteiger partial charge in [-0.2, -0.15) is 0 Å². The number of aromatic nitrogens is 1. The third-order valence-corrected chi connectivity index (χ3v) is 4.18. The number of nitrogens with zero attached hydrogens (tertiary/aromatic N) is 1. The largest absolute Gasteiger partial charge is 0.377 e.